The minimum absolute atomic E-state index is 0.136. The van der Waals surface area contributed by atoms with Crippen molar-refractivity contribution in [2.24, 2.45) is 7.05 Å². The van der Waals surface area contributed by atoms with Gasteiger partial charge in [0.1, 0.15) is 11.8 Å². The van der Waals surface area contributed by atoms with Gasteiger partial charge in [-0.25, -0.2) is 4.79 Å². The minimum Gasteiger partial charge on any atom is -0.477 e. The molecule has 1 heterocycles. The average molecular weight is 330 g/mol. The average Bonchev–Trinajstić information content (AvgIpc) is 2.86. The van der Waals surface area contributed by atoms with Crippen LogP contribution in [0.15, 0.2) is 48.5 Å². The summed E-state index contributed by atoms with van der Waals surface area (Å²) in [5.41, 5.74) is 5.74. The summed E-state index contributed by atoms with van der Waals surface area (Å²) in [4.78, 5) is 11.7. The Morgan fingerprint density at radius 2 is 1.68 bits per heavy atom. The van der Waals surface area contributed by atoms with Crippen molar-refractivity contribution in [3.05, 3.63) is 71.0 Å². The number of carboxylic acid groups (broad SMARTS) is 1. The van der Waals surface area contributed by atoms with Gasteiger partial charge >= 0.3 is 5.97 Å². The molecule has 0 saturated carbocycles. The summed E-state index contributed by atoms with van der Waals surface area (Å²) < 4.78 is 1.56. The lowest BCUT2D eigenvalue weighted by Crippen LogP contribution is -2.06. The van der Waals surface area contributed by atoms with E-state index in [1.807, 2.05) is 49.4 Å². The first kappa shape index (κ1) is 16.5. The Balaban J connectivity index is 2.14. The van der Waals surface area contributed by atoms with Crippen LogP contribution in [0, 0.1) is 25.2 Å². The molecule has 0 aliphatic rings. The monoisotopic (exact) mass is 330 g/mol. The molecule has 3 aromatic rings. The topological polar surface area (TPSA) is 66.0 Å². The number of hydrogen-bond acceptors (Lipinski definition) is 2. The van der Waals surface area contributed by atoms with E-state index in [-0.39, 0.29) is 5.69 Å². The fourth-order valence-electron chi connectivity index (χ4n) is 3.12. The van der Waals surface area contributed by atoms with Crippen LogP contribution in [-0.2, 0) is 7.05 Å². The molecule has 0 radical (unpaired) electrons. The number of hydrogen-bond donors (Lipinski definition) is 1. The third-order valence-corrected chi connectivity index (χ3v) is 4.53. The highest BCUT2D eigenvalue weighted by atomic mass is 16.4. The number of carbonyl (C=O) groups is 1. The zero-order valence-electron chi connectivity index (χ0n) is 14.4. The molecule has 0 saturated heterocycles. The summed E-state index contributed by atoms with van der Waals surface area (Å²) in [6.07, 6.45) is 0. The maximum atomic E-state index is 11.7. The van der Waals surface area contributed by atoms with Gasteiger partial charge < -0.3 is 9.67 Å². The number of aromatic nitrogens is 1. The first-order valence-corrected chi connectivity index (χ1v) is 7.94. The molecule has 2 aromatic carbocycles. The Hall–Kier alpha value is -3.32. The van der Waals surface area contributed by atoms with E-state index in [9.17, 15) is 15.2 Å². The molecule has 0 spiro atoms. The van der Waals surface area contributed by atoms with Crippen molar-refractivity contribution in [3.63, 3.8) is 0 Å². The Kier molecular flexibility index (Phi) is 4.16. The molecule has 1 N–H and O–H groups in total. The van der Waals surface area contributed by atoms with Crippen LogP contribution in [-0.4, -0.2) is 15.6 Å². The van der Waals surface area contributed by atoms with Crippen molar-refractivity contribution in [2.45, 2.75) is 13.8 Å². The van der Waals surface area contributed by atoms with Crippen molar-refractivity contribution in [1.29, 1.82) is 5.26 Å². The first-order chi connectivity index (χ1) is 11.9. The van der Waals surface area contributed by atoms with Gasteiger partial charge in [0.15, 0.2) is 0 Å². The molecule has 0 aliphatic heterocycles. The van der Waals surface area contributed by atoms with E-state index in [1.54, 1.807) is 18.5 Å². The number of benzene rings is 2. The van der Waals surface area contributed by atoms with Gasteiger partial charge in [0.2, 0.25) is 0 Å². The smallest absolute Gasteiger partial charge is 0.353 e. The highest BCUT2D eigenvalue weighted by Crippen LogP contribution is 2.33. The lowest BCUT2D eigenvalue weighted by Gasteiger charge is -2.07. The molecule has 25 heavy (non-hydrogen) atoms. The van der Waals surface area contributed by atoms with Gasteiger partial charge in [-0.2, -0.15) is 5.26 Å². The summed E-state index contributed by atoms with van der Waals surface area (Å²) >= 11 is 0. The van der Waals surface area contributed by atoms with Gasteiger partial charge in [-0.15, -0.1) is 0 Å². The molecule has 0 amide bonds. The molecule has 4 heteroatoms. The van der Waals surface area contributed by atoms with E-state index in [4.69, 9.17) is 0 Å². The van der Waals surface area contributed by atoms with E-state index in [0.29, 0.717) is 16.8 Å². The zero-order valence-corrected chi connectivity index (χ0v) is 14.4. The lowest BCUT2D eigenvalue weighted by molar-refractivity contribution is 0.0687. The first-order valence-electron chi connectivity index (χ1n) is 7.94. The molecule has 124 valence electrons. The van der Waals surface area contributed by atoms with E-state index < -0.39 is 5.97 Å². The Bertz CT molecular complexity index is 1010. The summed E-state index contributed by atoms with van der Waals surface area (Å²) in [5.74, 6) is -1.04. The molecule has 0 bridgehead atoms. The third kappa shape index (κ3) is 2.81. The van der Waals surface area contributed by atoms with E-state index in [0.717, 1.165) is 16.7 Å². The standard InChI is InChI=1S/C21H18N2O2/c1-13-5-4-6-17(11-13)15-7-9-16(10-8-15)19-18(12-22)14(2)23(3)20(19)21(24)25/h4-11H,1-3H3,(H,24,25). The van der Waals surface area contributed by atoms with Crippen molar-refractivity contribution >= 4 is 5.97 Å². The predicted octanol–water partition coefficient (Wildman–Crippen LogP) is 4.55. The quantitative estimate of drug-likeness (QED) is 0.766. The molecular formula is C21H18N2O2. The molecule has 3 rings (SSSR count). The number of aromatic carboxylic acids is 1. The fourth-order valence-corrected chi connectivity index (χ4v) is 3.12. The zero-order chi connectivity index (χ0) is 18.1. The molecule has 1 aromatic heterocycles. The molecule has 0 atom stereocenters. The van der Waals surface area contributed by atoms with Crippen LogP contribution in [0.5, 0.6) is 0 Å². The fraction of sp³-hybridized carbons (Fsp3) is 0.143. The predicted molar refractivity (Wildman–Crippen MR) is 97.4 cm³/mol. The van der Waals surface area contributed by atoms with Crippen LogP contribution in [0.2, 0.25) is 0 Å². The van der Waals surface area contributed by atoms with Crippen LogP contribution in [0.25, 0.3) is 22.3 Å². The van der Waals surface area contributed by atoms with E-state index in [2.05, 4.69) is 12.1 Å². The summed E-state index contributed by atoms with van der Waals surface area (Å²) in [7, 11) is 1.67. The minimum atomic E-state index is -1.04. The van der Waals surface area contributed by atoms with E-state index in [1.165, 1.54) is 5.56 Å². The SMILES string of the molecule is Cc1cccc(-c2ccc(-c3c(C#N)c(C)n(C)c3C(=O)O)cc2)c1. The van der Waals surface area contributed by atoms with Crippen molar-refractivity contribution in [2.75, 3.05) is 0 Å². The molecule has 4 nitrogen and oxygen atoms in total. The van der Waals surface area contributed by atoms with Crippen molar-refractivity contribution < 1.29 is 9.90 Å². The second-order valence-corrected chi connectivity index (χ2v) is 6.11. The normalized spacial score (nSPS) is 10.5. The van der Waals surface area contributed by atoms with Crippen LogP contribution in [0.3, 0.4) is 0 Å². The van der Waals surface area contributed by atoms with Crippen LogP contribution in [0.1, 0.15) is 27.3 Å². The maximum absolute atomic E-state index is 11.7. The second kappa shape index (κ2) is 6.29. The van der Waals surface area contributed by atoms with Crippen LogP contribution >= 0.6 is 0 Å². The van der Waals surface area contributed by atoms with Gasteiger partial charge in [-0.05, 0) is 30.5 Å². The Labute approximate surface area is 146 Å². The third-order valence-electron chi connectivity index (χ3n) is 4.53. The van der Waals surface area contributed by atoms with E-state index >= 15 is 0 Å². The number of nitrogens with zero attached hydrogens (tertiary/aromatic N) is 2. The highest BCUT2D eigenvalue weighted by molar-refractivity contribution is 5.97. The number of rotatable bonds is 3. The molecular weight excluding hydrogens is 312 g/mol. The molecule has 0 aliphatic carbocycles. The summed E-state index contributed by atoms with van der Waals surface area (Å²) in [6, 6.07) is 18.0. The Morgan fingerprint density at radius 1 is 1.04 bits per heavy atom. The van der Waals surface area contributed by atoms with Crippen molar-refractivity contribution in [1.82, 2.24) is 4.57 Å². The molecule has 0 unspecified atom stereocenters. The van der Waals surface area contributed by atoms with Gasteiger partial charge in [-0.3, -0.25) is 0 Å². The number of nitriles is 1. The van der Waals surface area contributed by atoms with Crippen LogP contribution in [0.4, 0.5) is 0 Å². The van der Waals surface area contributed by atoms with Crippen molar-refractivity contribution in [3.8, 4) is 28.3 Å². The van der Waals surface area contributed by atoms with Crippen LogP contribution < -0.4 is 0 Å². The summed E-state index contributed by atoms with van der Waals surface area (Å²) in [5, 5.41) is 19.1. The largest absolute Gasteiger partial charge is 0.477 e. The summed E-state index contributed by atoms with van der Waals surface area (Å²) in [6.45, 7) is 3.80. The maximum Gasteiger partial charge on any atom is 0.353 e. The number of carboxylic acids is 1. The van der Waals surface area contributed by atoms with Gasteiger partial charge in [0, 0.05) is 18.3 Å². The highest BCUT2D eigenvalue weighted by Gasteiger charge is 2.24. The lowest BCUT2D eigenvalue weighted by atomic mass is 9.97. The Morgan fingerprint density at radius 3 is 2.24 bits per heavy atom. The number of aryl methyl sites for hydroxylation is 1. The van der Waals surface area contributed by atoms with Gasteiger partial charge in [0.25, 0.3) is 0 Å². The second-order valence-electron chi connectivity index (χ2n) is 6.11. The van der Waals surface area contributed by atoms with Gasteiger partial charge in [-0.1, -0.05) is 54.1 Å². The molecule has 0 fully saturated rings. The van der Waals surface area contributed by atoms with Gasteiger partial charge in [0.05, 0.1) is 5.56 Å².